The summed E-state index contributed by atoms with van der Waals surface area (Å²) in [6.45, 7) is 7.89. The number of nitrogens with one attached hydrogen (secondary N) is 2. The molecule has 0 aliphatic heterocycles. The van der Waals surface area contributed by atoms with Crippen LogP contribution in [0.1, 0.15) is 52.8 Å². The minimum atomic E-state index is -0.346. The molecule has 0 bridgehead atoms. The fraction of sp³-hybridized carbons (Fsp3) is 0.269. The first kappa shape index (κ1) is 22.5. The molecule has 0 saturated carbocycles. The molecule has 7 heteroatoms. The van der Waals surface area contributed by atoms with Crippen LogP contribution in [0.5, 0.6) is 0 Å². The highest BCUT2D eigenvalue weighted by molar-refractivity contribution is 6.05. The van der Waals surface area contributed by atoms with Crippen LogP contribution in [0, 0.1) is 13.8 Å². The van der Waals surface area contributed by atoms with E-state index >= 15 is 0 Å². The number of aryl methyl sites for hydroxylation is 2. The number of aliphatic hydroxyl groups excluding tert-OH is 1. The Bertz CT molecular complexity index is 1400. The minimum absolute atomic E-state index is 0.0732. The molecule has 0 unspecified atom stereocenters. The van der Waals surface area contributed by atoms with Gasteiger partial charge in [-0.3, -0.25) is 9.59 Å². The smallest absolute Gasteiger partial charge is 0.270 e. The summed E-state index contributed by atoms with van der Waals surface area (Å²) >= 11 is 0. The van der Waals surface area contributed by atoms with Gasteiger partial charge in [0.2, 0.25) is 0 Å². The minimum Gasteiger partial charge on any atom is -0.392 e. The quantitative estimate of drug-likeness (QED) is 0.418. The van der Waals surface area contributed by atoms with Gasteiger partial charge in [-0.25, -0.2) is 4.98 Å². The Morgan fingerprint density at radius 3 is 2.67 bits per heavy atom. The first-order valence-corrected chi connectivity index (χ1v) is 11.0. The topological polar surface area (TPSA) is 100 Å². The van der Waals surface area contributed by atoms with Crippen LogP contribution in [-0.2, 0) is 13.2 Å². The lowest BCUT2D eigenvalue weighted by Gasteiger charge is -2.13. The van der Waals surface area contributed by atoms with Gasteiger partial charge in [0.25, 0.3) is 11.5 Å². The van der Waals surface area contributed by atoms with Crippen molar-refractivity contribution in [3.05, 3.63) is 87.1 Å². The number of aromatic amines is 1. The summed E-state index contributed by atoms with van der Waals surface area (Å²) < 4.78 is 2.10. The van der Waals surface area contributed by atoms with Crippen molar-refractivity contribution < 1.29 is 9.90 Å². The number of nitrogens with zero attached hydrogens (tertiary/aromatic N) is 2. The van der Waals surface area contributed by atoms with Gasteiger partial charge in [0.05, 0.1) is 17.8 Å². The highest BCUT2D eigenvalue weighted by Crippen LogP contribution is 2.28. The van der Waals surface area contributed by atoms with Crippen LogP contribution < -0.4 is 10.9 Å². The van der Waals surface area contributed by atoms with Crippen LogP contribution in [-0.4, -0.2) is 25.5 Å². The Balaban J connectivity index is 1.77. The third kappa shape index (κ3) is 4.45. The second-order valence-electron chi connectivity index (χ2n) is 8.59. The largest absolute Gasteiger partial charge is 0.392 e. The van der Waals surface area contributed by atoms with E-state index in [0.717, 1.165) is 33.3 Å². The lowest BCUT2D eigenvalue weighted by Crippen LogP contribution is -2.28. The molecule has 0 aliphatic carbocycles. The maximum Gasteiger partial charge on any atom is 0.270 e. The van der Waals surface area contributed by atoms with Gasteiger partial charge >= 0.3 is 0 Å². The maximum absolute atomic E-state index is 13.3. The number of hydrogen-bond acceptors (Lipinski definition) is 4. The van der Waals surface area contributed by atoms with Crippen molar-refractivity contribution in [3.63, 3.8) is 0 Å². The van der Waals surface area contributed by atoms with E-state index in [4.69, 9.17) is 4.98 Å². The molecule has 33 heavy (non-hydrogen) atoms. The van der Waals surface area contributed by atoms with Gasteiger partial charge in [-0.2, -0.15) is 0 Å². The van der Waals surface area contributed by atoms with Gasteiger partial charge < -0.3 is 20.0 Å². The van der Waals surface area contributed by atoms with Crippen molar-refractivity contribution in [1.82, 2.24) is 19.9 Å². The van der Waals surface area contributed by atoms with Gasteiger partial charge in [0, 0.05) is 41.0 Å². The molecular weight excluding hydrogens is 416 g/mol. The number of aliphatic hydroxyl groups is 1. The van der Waals surface area contributed by atoms with Gasteiger partial charge in [-0.15, -0.1) is 0 Å². The van der Waals surface area contributed by atoms with E-state index in [1.54, 1.807) is 0 Å². The summed E-state index contributed by atoms with van der Waals surface area (Å²) in [6, 6.07) is 13.4. The monoisotopic (exact) mass is 444 g/mol. The molecule has 3 heterocycles. The Kier molecular flexibility index (Phi) is 6.16. The highest BCUT2D eigenvalue weighted by Gasteiger charge is 2.19. The van der Waals surface area contributed by atoms with E-state index in [2.05, 4.69) is 28.7 Å². The summed E-state index contributed by atoms with van der Waals surface area (Å²) in [7, 11) is 0. The van der Waals surface area contributed by atoms with E-state index in [0.29, 0.717) is 17.0 Å². The average molecular weight is 445 g/mol. The van der Waals surface area contributed by atoms with Crippen LogP contribution in [0.15, 0.2) is 53.5 Å². The van der Waals surface area contributed by atoms with Gasteiger partial charge in [-0.1, -0.05) is 18.2 Å². The molecule has 0 spiro atoms. The molecule has 1 aromatic carbocycles. The lowest BCUT2D eigenvalue weighted by molar-refractivity contribution is 0.0947. The molecule has 3 N–H and O–H groups in total. The van der Waals surface area contributed by atoms with Crippen LogP contribution in [0.4, 0.5) is 0 Å². The van der Waals surface area contributed by atoms with E-state index in [9.17, 15) is 14.7 Å². The molecule has 170 valence electrons. The van der Waals surface area contributed by atoms with Gasteiger partial charge in [0.1, 0.15) is 5.69 Å². The van der Waals surface area contributed by atoms with Crippen molar-refractivity contribution >= 4 is 16.8 Å². The molecule has 0 radical (unpaired) electrons. The summed E-state index contributed by atoms with van der Waals surface area (Å²) in [5.74, 6) is -0.346. The fourth-order valence-corrected chi connectivity index (χ4v) is 4.11. The van der Waals surface area contributed by atoms with E-state index in [1.807, 2.05) is 62.5 Å². The molecule has 0 fully saturated rings. The predicted molar refractivity (Wildman–Crippen MR) is 129 cm³/mol. The number of pyridine rings is 2. The average Bonchev–Trinajstić information content (AvgIpc) is 3.22. The number of carbonyl (C=O) groups is 1. The number of aromatic nitrogens is 3. The van der Waals surface area contributed by atoms with E-state index in [-0.39, 0.29) is 30.7 Å². The first-order chi connectivity index (χ1) is 15.8. The second kappa shape index (κ2) is 9.03. The molecule has 7 nitrogen and oxygen atoms in total. The van der Waals surface area contributed by atoms with Crippen LogP contribution in [0.3, 0.4) is 0 Å². The standard InChI is InChI=1S/C26H28N4O3/c1-15(2)30-9-8-20-23(30)12-22(19-7-5-6-18(11-19)14-31)29-24(20)26(33)27-13-21-16(3)10-17(4)28-25(21)32/h5-12,15,31H,13-14H2,1-4H3,(H,27,33)(H,28,32). The lowest BCUT2D eigenvalue weighted by atomic mass is 10.1. The molecule has 0 atom stereocenters. The number of benzene rings is 1. The number of fused-ring (bicyclic) bond motifs is 1. The van der Waals surface area contributed by atoms with Crippen molar-refractivity contribution in [2.24, 2.45) is 0 Å². The highest BCUT2D eigenvalue weighted by atomic mass is 16.3. The van der Waals surface area contributed by atoms with Crippen molar-refractivity contribution in [1.29, 1.82) is 0 Å². The van der Waals surface area contributed by atoms with Crippen LogP contribution in [0.25, 0.3) is 22.2 Å². The number of amides is 1. The number of H-pyrrole nitrogens is 1. The Labute approximate surface area is 192 Å². The molecule has 3 aromatic heterocycles. The Hall–Kier alpha value is -3.71. The third-order valence-corrected chi connectivity index (χ3v) is 5.81. The van der Waals surface area contributed by atoms with Crippen LogP contribution >= 0.6 is 0 Å². The van der Waals surface area contributed by atoms with Crippen molar-refractivity contribution in [2.75, 3.05) is 0 Å². The zero-order valence-corrected chi connectivity index (χ0v) is 19.3. The van der Waals surface area contributed by atoms with E-state index < -0.39 is 0 Å². The molecular formula is C26H28N4O3. The molecule has 0 saturated heterocycles. The fourth-order valence-electron chi connectivity index (χ4n) is 4.11. The SMILES string of the molecule is Cc1cc(C)c(CNC(=O)c2nc(-c3cccc(CO)c3)cc3c2ccn3C(C)C)c(=O)[nH]1. The van der Waals surface area contributed by atoms with E-state index in [1.165, 1.54) is 0 Å². The maximum atomic E-state index is 13.3. The zero-order valence-electron chi connectivity index (χ0n) is 19.3. The third-order valence-electron chi connectivity index (χ3n) is 5.81. The first-order valence-electron chi connectivity index (χ1n) is 11.0. The number of carbonyl (C=O) groups excluding carboxylic acids is 1. The second-order valence-corrected chi connectivity index (χ2v) is 8.59. The van der Waals surface area contributed by atoms with Gasteiger partial charge in [-0.05, 0) is 63.1 Å². The van der Waals surface area contributed by atoms with Crippen LogP contribution in [0.2, 0.25) is 0 Å². The normalized spacial score (nSPS) is 11.3. The molecule has 1 amide bonds. The zero-order chi connectivity index (χ0) is 23.7. The summed E-state index contributed by atoms with van der Waals surface area (Å²) in [6.07, 6.45) is 1.95. The number of hydrogen-bond donors (Lipinski definition) is 3. The predicted octanol–water partition coefficient (Wildman–Crippen LogP) is 4.01. The van der Waals surface area contributed by atoms with Crippen molar-refractivity contribution in [2.45, 2.75) is 46.9 Å². The number of rotatable bonds is 6. The molecule has 0 aliphatic rings. The molecule has 4 aromatic rings. The summed E-state index contributed by atoms with van der Waals surface area (Å²) in [5, 5.41) is 13.2. The Morgan fingerprint density at radius 1 is 1.18 bits per heavy atom. The summed E-state index contributed by atoms with van der Waals surface area (Å²) in [4.78, 5) is 33.1. The van der Waals surface area contributed by atoms with Crippen molar-refractivity contribution in [3.8, 4) is 11.3 Å². The molecule has 4 rings (SSSR count). The summed E-state index contributed by atoms with van der Waals surface area (Å²) in [5.41, 5.74) is 5.38. The van der Waals surface area contributed by atoms with Gasteiger partial charge in [0.15, 0.2) is 0 Å². The Morgan fingerprint density at radius 2 is 1.97 bits per heavy atom.